The molecular formula is C11H19NO4. The van der Waals surface area contributed by atoms with E-state index in [0.29, 0.717) is 6.42 Å². The van der Waals surface area contributed by atoms with Crippen molar-refractivity contribution in [3.05, 3.63) is 0 Å². The summed E-state index contributed by atoms with van der Waals surface area (Å²) in [5, 5.41) is 19.0. The zero-order valence-corrected chi connectivity index (χ0v) is 9.69. The van der Waals surface area contributed by atoms with Crippen molar-refractivity contribution in [3.8, 4) is 0 Å². The first-order valence-electron chi connectivity index (χ1n) is 5.52. The predicted octanol–water partition coefficient (Wildman–Crippen LogP) is 0.299. The molecular weight excluding hydrogens is 210 g/mol. The molecule has 2 atom stereocenters. The van der Waals surface area contributed by atoms with Gasteiger partial charge >= 0.3 is 5.97 Å². The minimum absolute atomic E-state index is 0.0443. The molecule has 1 fully saturated rings. The molecule has 92 valence electrons. The molecule has 0 aromatic rings. The van der Waals surface area contributed by atoms with Crippen LogP contribution in [0.3, 0.4) is 0 Å². The molecule has 0 aromatic heterocycles. The average Bonchev–Trinajstić information content (AvgIpc) is 2.44. The van der Waals surface area contributed by atoms with Gasteiger partial charge in [0.2, 0.25) is 0 Å². The van der Waals surface area contributed by atoms with E-state index in [-0.39, 0.29) is 31.0 Å². The Balaban J connectivity index is 2.99. The van der Waals surface area contributed by atoms with Gasteiger partial charge in [0.1, 0.15) is 5.54 Å². The zero-order chi connectivity index (χ0) is 12.6. The zero-order valence-electron chi connectivity index (χ0n) is 9.69. The SMILES string of the molecule is CC(C)CC(=O)C1(N)CCCC1(O)C(=O)O. The maximum absolute atomic E-state index is 11.9. The van der Waals surface area contributed by atoms with Gasteiger partial charge < -0.3 is 15.9 Å². The molecule has 1 saturated carbocycles. The molecule has 0 heterocycles. The van der Waals surface area contributed by atoms with Crippen molar-refractivity contribution in [2.75, 3.05) is 0 Å². The molecule has 1 rings (SSSR count). The molecule has 0 spiro atoms. The van der Waals surface area contributed by atoms with Crippen LogP contribution in [0.25, 0.3) is 0 Å². The highest BCUT2D eigenvalue weighted by Gasteiger charge is 2.60. The highest BCUT2D eigenvalue weighted by molar-refractivity contribution is 5.97. The molecule has 0 amide bonds. The minimum atomic E-state index is -2.10. The van der Waals surface area contributed by atoms with Crippen LogP contribution in [0, 0.1) is 5.92 Å². The van der Waals surface area contributed by atoms with Gasteiger partial charge in [-0.1, -0.05) is 13.8 Å². The lowest BCUT2D eigenvalue weighted by Gasteiger charge is -2.34. The summed E-state index contributed by atoms with van der Waals surface area (Å²) in [6, 6.07) is 0. The van der Waals surface area contributed by atoms with Crippen LogP contribution < -0.4 is 5.73 Å². The molecule has 5 heteroatoms. The number of aliphatic hydroxyl groups is 1. The van der Waals surface area contributed by atoms with Gasteiger partial charge in [-0.2, -0.15) is 0 Å². The summed E-state index contributed by atoms with van der Waals surface area (Å²) in [6.45, 7) is 3.71. The smallest absolute Gasteiger partial charge is 0.338 e. The normalized spacial score (nSPS) is 34.3. The number of ketones is 1. The molecule has 16 heavy (non-hydrogen) atoms. The van der Waals surface area contributed by atoms with Crippen LogP contribution in [0.5, 0.6) is 0 Å². The standard InChI is InChI=1S/C11H19NO4/c1-7(2)6-8(13)10(12)4-3-5-11(10,16)9(14)15/h7,16H,3-6,12H2,1-2H3,(H,14,15). The Morgan fingerprint density at radius 2 is 1.94 bits per heavy atom. The fraction of sp³-hybridized carbons (Fsp3) is 0.818. The number of carbonyl (C=O) groups is 2. The first kappa shape index (κ1) is 13.1. The van der Waals surface area contributed by atoms with E-state index >= 15 is 0 Å². The van der Waals surface area contributed by atoms with Gasteiger partial charge in [-0.3, -0.25) is 4.79 Å². The van der Waals surface area contributed by atoms with Crippen molar-refractivity contribution in [2.24, 2.45) is 11.7 Å². The van der Waals surface area contributed by atoms with Crippen molar-refractivity contribution in [3.63, 3.8) is 0 Å². The number of Topliss-reactive ketones (excluding diaryl/α,β-unsaturated/α-hetero) is 1. The van der Waals surface area contributed by atoms with Gasteiger partial charge in [-0.25, -0.2) is 4.79 Å². The van der Waals surface area contributed by atoms with Crippen molar-refractivity contribution in [2.45, 2.75) is 50.7 Å². The van der Waals surface area contributed by atoms with Crippen molar-refractivity contribution < 1.29 is 19.8 Å². The fourth-order valence-electron chi connectivity index (χ4n) is 2.27. The van der Waals surface area contributed by atoms with E-state index in [4.69, 9.17) is 10.8 Å². The molecule has 2 unspecified atom stereocenters. The Morgan fingerprint density at radius 3 is 2.38 bits per heavy atom. The molecule has 5 nitrogen and oxygen atoms in total. The Morgan fingerprint density at radius 1 is 1.38 bits per heavy atom. The lowest BCUT2D eigenvalue weighted by molar-refractivity contribution is -0.167. The molecule has 1 aliphatic rings. The summed E-state index contributed by atoms with van der Waals surface area (Å²) in [4.78, 5) is 23.0. The molecule has 0 bridgehead atoms. The molecule has 4 N–H and O–H groups in total. The highest BCUT2D eigenvalue weighted by Crippen LogP contribution is 2.39. The lowest BCUT2D eigenvalue weighted by Crippen LogP contribution is -2.65. The van der Waals surface area contributed by atoms with Crippen LogP contribution in [-0.2, 0) is 9.59 Å². The van der Waals surface area contributed by atoms with Gasteiger partial charge in [-0.15, -0.1) is 0 Å². The molecule has 0 aromatic carbocycles. The first-order chi connectivity index (χ1) is 7.24. The number of carbonyl (C=O) groups excluding carboxylic acids is 1. The second-order valence-electron chi connectivity index (χ2n) is 5.01. The average molecular weight is 229 g/mol. The predicted molar refractivity (Wildman–Crippen MR) is 57.8 cm³/mol. The maximum Gasteiger partial charge on any atom is 0.338 e. The number of hydrogen-bond acceptors (Lipinski definition) is 4. The molecule has 1 aliphatic carbocycles. The second-order valence-corrected chi connectivity index (χ2v) is 5.01. The molecule has 0 saturated heterocycles. The highest BCUT2D eigenvalue weighted by atomic mass is 16.4. The van der Waals surface area contributed by atoms with Crippen LogP contribution in [0.4, 0.5) is 0 Å². The third-order valence-corrected chi connectivity index (χ3v) is 3.29. The van der Waals surface area contributed by atoms with Gasteiger partial charge in [0.25, 0.3) is 0 Å². The van der Waals surface area contributed by atoms with Crippen LogP contribution in [0.2, 0.25) is 0 Å². The summed E-state index contributed by atoms with van der Waals surface area (Å²) in [5.74, 6) is -1.65. The van der Waals surface area contributed by atoms with E-state index in [1.54, 1.807) is 0 Å². The fourth-order valence-corrected chi connectivity index (χ4v) is 2.27. The number of aliphatic carboxylic acids is 1. The van der Waals surface area contributed by atoms with Crippen LogP contribution >= 0.6 is 0 Å². The maximum atomic E-state index is 11.9. The van der Waals surface area contributed by atoms with E-state index in [2.05, 4.69) is 0 Å². The summed E-state index contributed by atoms with van der Waals surface area (Å²) in [7, 11) is 0. The number of hydrogen-bond donors (Lipinski definition) is 3. The summed E-state index contributed by atoms with van der Waals surface area (Å²) in [5.41, 5.74) is 2.13. The first-order valence-corrected chi connectivity index (χ1v) is 5.52. The van der Waals surface area contributed by atoms with E-state index in [9.17, 15) is 14.7 Å². The molecule has 0 aliphatic heterocycles. The number of carboxylic acid groups (broad SMARTS) is 1. The minimum Gasteiger partial charge on any atom is -0.479 e. The van der Waals surface area contributed by atoms with Crippen molar-refractivity contribution in [1.29, 1.82) is 0 Å². The van der Waals surface area contributed by atoms with Gasteiger partial charge in [0.15, 0.2) is 11.4 Å². The third kappa shape index (κ3) is 1.85. The van der Waals surface area contributed by atoms with Crippen LogP contribution in [-0.4, -0.2) is 33.1 Å². The monoisotopic (exact) mass is 229 g/mol. The van der Waals surface area contributed by atoms with Crippen LogP contribution in [0.1, 0.15) is 39.5 Å². The Bertz CT molecular complexity index is 315. The van der Waals surface area contributed by atoms with Crippen molar-refractivity contribution in [1.82, 2.24) is 0 Å². The van der Waals surface area contributed by atoms with Gasteiger partial charge in [0.05, 0.1) is 0 Å². The van der Waals surface area contributed by atoms with E-state index < -0.39 is 17.1 Å². The van der Waals surface area contributed by atoms with Crippen molar-refractivity contribution >= 4 is 11.8 Å². The third-order valence-electron chi connectivity index (χ3n) is 3.29. The van der Waals surface area contributed by atoms with Crippen LogP contribution in [0.15, 0.2) is 0 Å². The summed E-state index contributed by atoms with van der Waals surface area (Å²) >= 11 is 0. The quantitative estimate of drug-likeness (QED) is 0.643. The van der Waals surface area contributed by atoms with E-state index in [1.807, 2.05) is 13.8 Å². The number of nitrogens with two attached hydrogens (primary N) is 1. The number of carboxylic acids is 1. The Labute approximate surface area is 94.6 Å². The van der Waals surface area contributed by atoms with Gasteiger partial charge in [-0.05, 0) is 25.2 Å². The topological polar surface area (TPSA) is 101 Å². The Hall–Kier alpha value is -0.940. The number of rotatable bonds is 4. The summed E-state index contributed by atoms with van der Waals surface area (Å²) < 4.78 is 0. The lowest BCUT2D eigenvalue weighted by atomic mass is 9.77. The molecule has 0 radical (unpaired) electrons. The van der Waals surface area contributed by atoms with Gasteiger partial charge in [0, 0.05) is 6.42 Å². The van der Waals surface area contributed by atoms with E-state index in [1.165, 1.54) is 0 Å². The summed E-state index contributed by atoms with van der Waals surface area (Å²) in [6.07, 6.45) is 0.944. The Kier molecular flexibility index (Phi) is 3.40. The van der Waals surface area contributed by atoms with E-state index in [0.717, 1.165) is 0 Å². The second kappa shape index (κ2) is 4.14. The largest absolute Gasteiger partial charge is 0.479 e.